The normalized spacial score (nSPS) is 12.3. The smallest absolute Gasteiger partial charge is 0.326 e. The zero-order valence-corrected chi connectivity index (χ0v) is 13.7. The second-order valence-corrected chi connectivity index (χ2v) is 5.31. The van der Waals surface area contributed by atoms with Crippen molar-refractivity contribution in [2.24, 2.45) is 0 Å². The van der Waals surface area contributed by atoms with Crippen LogP contribution in [0.2, 0.25) is 0 Å². The Hall–Kier alpha value is -1.72. The summed E-state index contributed by atoms with van der Waals surface area (Å²) in [6.45, 7) is 3.71. The highest BCUT2D eigenvalue weighted by molar-refractivity contribution is 7.98. The summed E-state index contributed by atoms with van der Waals surface area (Å²) in [5, 5.41) is 23.2. The highest BCUT2D eigenvalue weighted by Gasteiger charge is 2.21. The standard InChI is InChI=1S/C14H23N3O4S/c1-3-21-7-4-6-16-10-11(9-15)13(18)17-12(14(19)20)5-8-22-2/h10,12,16H,3-8H2,1-2H3,(H,17,18)(H,19,20)/b11-10-. The fourth-order valence-electron chi connectivity index (χ4n) is 1.47. The number of hydrogen-bond acceptors (Lipinski definition) is 6. The Balaban J connectivity index is 4.37. The molecule has 0 aliphatic heterocycles. The van der Waals surface area contributed by atoms with Gasteiger partial charge in [-0.15, -0.1) is 0 Å². The Morgan fingerprint density at radius 3 is 2.77 bits per heavy atom. The van der Waals surface area contributed by atoms with Crippen molar-refractivity contribution in [1.82, 2.24) is 10.6 Å². The molecule has 7 nitrogen and oxygen atoms in total. The lowest BCUT2D eigenvalue weighted by Crippen LogP contribution is -2.41. The van der Waals surface area contributed by atoms with Crippen molar-refractivity contribution in [2.75, 3.05) is 31.8 Å². The number of nitrogens with one attached hydrogen (secondary N) is 2. The minimum Gasteiger partial charge on any atom is -0.480 e. The highest BCUT2D eigenvalue weighted by atomic mass is 32.2. The lowest BCUT2D eigenvalue weighted by Gasteiger charge is -2.13. The summed E-state index contributed by atoms with van der Waals surface area (Å²) < 4.78 is 5.16. The lowest BCUT2D eigenvalue weighted by molar-refractivity contribution is -0.141. The van der Waals surface area contributed by atoms with Crippen molar-refractivity contribution >= 4 is 23.6 Å². The van der Waals surface area contributed by atoms with E-state index >= 15 is 0 Å². The molecule has 0 saturated heterocycles. The monoisotopic (exact) mass is 329 g/mol. The molecule has 0 aliphatic rings. The van der Waals surface area contributed by atoms with Crippen LogP contribution in [0.4, 0.5) is 0 Å². The SMILES string of the molecule is CCOCCCN/C=C(/C#N)C(=O)NC(CCSC)C(=O)O. The predicted molar refractivity (Wildman–Crippen MR) is 85.4 cm³/mol. The van der Waals surface area contributed by atoms with Gasteiger partial charge in [0, 0.05) is 26.0 Å². The van der Waals surface area contributed by atoms with Crippen LogP contribution in [0.25, 0.3) is 0 Å². The number of amides is 1. The molecule has 124 valence electrons. The average Bonchev–Trinajstić information content (AvgIpc) is 2.50. The summed E-state index contributed by atoms with van der Waals surface area (Å²) >= 11 is 1.49. The van der Waals surface area contributed by atoms with E-state index in [0.29, 0.717) is 31.9 Å². The number of ether oxygens (including phenoxy) is 1. The Kier molecular flexibility index (Phi) is 12.0. The first-order valence-corrected chi connectivity index (χ1v) is 8.40. The van der Waals surface area contributed by atoms with E-state index in [1.54, 1.807) is 6.07 Å². The molecule has 0 rings (SSSR count). The summed E-state index contributed by atoms with van der Waals surface area (Å²) in [4.78, 5) is 22.9. The molecule has 0 radical (unpaired) electrons. The van der Waals surface area contributed by atoms with Crippen molar-refractivity contribution in [1.29, 1.82) is 5.26 Å². The van der Waals surface area contributed by atoms with Crippen LogP contribution in [-0.2, 0) is 14.3 Å². The third-order valence-electron chi connectivity index (χ3n) is 2.64. The van der Waals surface area contributed by atoms with E-state index in [-0.39, 0.29) is 5.57 Å². The van der Waals surface area contributed by atoms with Gasteiger partial charge in [-0.25, -0.2) is 4.79 Å². The van der Waals surface area contributed by atoms with Gasteiger partial charge in [0.25, 0.3) is 5.91 Å². The van der Waals surface area contributed by atoms with E-state index in [2.05, 4.69) is 10.6 Å². The second-order valence-electron chi connectivity index (χ2n) is 4.32. The number of carbonyl (C=O) groups is 2. The summed E-state index contributed by atoms with van der Waals surface area (Å²) in [6.07, 6.45) is 4.21. The van der Waals surface area contributed by atoms with Crippen molar-refractivity contribution < 1.29 is 19.4 Å². The molecule has 0 aromatic rings. The summed E-state index contributed by atoms with van der Waals surface area (Å²) in [7, 11) is 0. The highest BCUT2D eigenvalue weighted by Crippen LogP contribution is 2.02. The molecule has 3 N–H and O–H groups in total. The summed E-state index contributed by atoms with van der Waals surface area (Å²) in [6, 6.07) is 0.770. The Morgan fingerprint density at radius 2 is 2.23 bits per heavy atom. The van der Waals surface area contributed by atoms with E-state index in [1.807, 2.05) is 13.2 Å². The number of carboxylic acid groups (broad SMARTS) is 1. The first-order valence-electron chi connectivity index (χ1n) is 7.00. The summed E-state index contributed by atoms with van der Waals surface area (Å²) in [5.74, 6) is -1.18. The molecule has 1 amide bonds. The molecule has 0 heterocycles. The fourth-order valence-corrected chi connectivity index (χ4v) is 1.94. The number of hydrogen-bond donors (Lipinski definition) is 3. The van der Waals surface area contributed by atoms with Crippen LogP contribution in [-0.4, -0.2) is 54.8 Å². The predicted octanol–water partition coefficient (Wildman–Crippen LogP) is 0.733. The number of carbonyl (C=O) groups excluding carboxylic acids is 1. The Labute approximate surface area is 135 Å². The Morgan fingerprint density at radius 1 is 1.50 bits per heavy atom. The Bertz CT molecular complexity index is 421. The zero-order chi connectivity index (χ0) is 16.8. The first kappa shape index (κ1) is 20.3. The van der Waals surface area contributed by atoms with Gasteiger partial charge in [-0.2, -0.15) is 17.0 Å². The van der Waals surface area contributed by atoms with Gasteiger partial charge in [0.2, 0.25) is 0 Å². The number of nitrogens with zero attached hydrogens (tertiary/aromatic N) is 1. The van der Waals surface area contributed by atoms with Crippen LogP contribution in [0.1, 0.15) is 19.8 Å². The van der Waals surface area contributed by atoms with Crippen LogP contribution in [0.3, 0.4) is 0 Å². The molecule has 0 aromatic heterocycles. The van der Waals surface area contributed by atoms with Crippen LogP contribution < -0.4 is 10.6 Å². The van der Waals surface area contributed by atoms with Gasteiger partial charge in [0.15, 0.2) is 0 Å². The summed E-state index contributed by atoms with van der Waals surface area (Å²) in [5.41, 5.74) is -0.146. The molecular formula is C14H23N3O4S. The van der Waals surface area contributed by atoms with Crippen LogP contribution in [0, 0.1) is 11.3 Å². The third kappa shape index (κ3) is 9.26. The first-order chi connectivity index (χ1) is 10.6. The molecular weight excluding hydrogens is 306 g/mol. The minimum absolute atomic E-state index is 0.146. The van der Waals surface area contributed by atoms with Crippen molar-refractivity contribution in [2.45, 2.75) is 25.8 Å². The van der Waals surface area contributed by atoms with Gasteiger partial charge in [-0.3, -0.25) is 4.79 Å². The van der Waals surface area contributed by atoms with E-state index in [1.165, 1.54) is 18.0 Å². The quantitative estimate of drug-likeness (QED) is 0.275. The number of thioether (sulfide) groups is 1. The van der Waals surface area contributed by atoms with Crippen LogP contribution >= 0.6 is 11.8 Å². The molecule has 0 aliphatic carbocycles. The topological polar surface area (TPSA) is 111 Å². The van der Waals surface area contributed by atoms with E-state index in [0.717, 1.165) is 6.42 Å². The fraction of sp³-hybridized carbons (Fsp3) is 0.643. The van der Waals surface area contributed by atoms with Gasteiger partial charge < -0.3 is 20.5 Å². The number of aliphatic carboxylic acids is 1. The molecule has 0 bridgehead atoms. The molecule has 0 saturated carbocycles. The van der Waals surface area contributed by atoms with Gasteiger partial charge in [-0.1, -0.05) is 0 Å². The molecule has 0 fully saturated rings. The molecule has 22 heavy (non-hydrogen) atoms. The number of nitriles is 1. The maximum Gasteiger partial charge on any atom is 0.326 e. The molecule has 8 heteroatoms. The van der Waals surface area contributed by atoms with Gasteiger partial charge in [0.05, 0.1) is 0 Å². The second kappa shape index (κ2) is 13.0. The number of carboxylic acids is 1. The van der Waals surface area contributed by atoms with Crippen molar-refractivity contribution in [3.8, 4) is 6.07 Å². The largest absolute Gasteiger partial charge is 0.480 e. The van der Waals surface area contributed by atoms with E-state index < -0.39 is 17.9 Å². The van der Waals surface area contributed by atoms with E-state index in [4.69, 9.17) is 15.1 Å². The van der Waals surface area contributed by atoms with Crippen molar-refractivity contribution in [3.63, 3.8) is 0 Å². The average molecular weight is 329 g/mol. The number of rotatable bonds is 12. The van der Waals surface area contributed by atoms with Crippen molar-refractivity contribution in [3.05, 3.63) is 11.8 Å². The zero-order valence-electron chi connectivity index (χ0n) is 12.9. The maximum atomic E-state index is 11.9. The van der Waals surface area contributed by atoms with E-state index in [9.17, 15) is 9.59 Å². The molecule has 1 atom stereocenters. The maximum absolute atomic E-state index is 11.9. The molecule has 1 unspecified atom stereocenters. The van der Waals surface area contributed by atoms with Gasteiger partial charge >= 0.3 is 5.97 Å². The minimum atomic E-state index is -1.11. The third-order valence-corrected chi connectivity index (χ3v) is 3.28. The lowest BCUT2D eigenvalue weighted by atomic mass is 10.2. The van der Waals surface area contributed by atoms with Crippen LogP contribution in [0.15, 0.2) is 11.8 Å². The van der Waals surface area contributed by atoms with Gasteiger partial charge in [-0.05, 0) is 31.8 Å². The molecule has 0 spiro atoms. The van der Waals surface area contributed by atoms with Crippen LogP contribution in [0.5, 0.6) is 0 Å². The van der Waals surface area contributed by atoms with Gasteiger partial charge in [0.1, 0.15) is 17.7 Å². The molecule has 0 aromatic carbocycles.